The van der Waals surface area contributed by atoms with Crippen LogP contribution in [0.3, 0.4) is 0 Å². The van der Waals surface area contributed by atoms with Crippen LogP contribution < -0.4 is 5.32 Å². The summed E-state index contributed by atoms with van der Waals surface area (Å²) in [6.45, 7) is 8.57. The molecule has 2 aromatic carbocycles. The average molecular weight is 466 g/mol. The molecule has 0 atom stereocenters. The van der Waals surface area contributed by atoms with E-state index >= 15 is 0 Å². The first kappa shape index (κ1) is 24.3. The van der Waals surface area contributed by atoms with Crippen LogP contribution >= 0.6 is 11.8 Å². The highest BCUT2D eigenvalue weighted by Crippen LogP contribution is 2.27. The van der Waals surface area contributed by atoms with Gasteiger partial charge in [0.15, 0.2) is 0 Å². The van der Waals surface area contributed by atoms with Gasteiger partial charge in [0.2, 0.25) is 11.8 Å². The molecule has 8 heteroatoms. The van der Waals surface area contributed by atoms with E-state index in [1.54, 1.807) is 37.3 Å². The van der Waals surface area contributed by atoms with Crippen LogP contribution in [0.2, 0.25) is 0 Å². The van der Waals surface area contributed by atoms with Gasteiger partial charge < -0.3 is 14.5 Å². The van der Waals surface area contributed by atoms with E-state index < -0.39 is 5.97 Å². The van der Waals surface area contributed by atoms with Crippen molar-refractivity contribution in [2.75, 3.05) is 17.7 Å². The summed E-state index contributed by atoms with van der Waals surface area (Å²) >= 11 is 1.17. The normalized spacial score (nSPS) is 11.5. The maximum Gasteiger partial charge on any atom is 0.330 e. The van der Waals surface area contributed by atoms with Crippen LogP contribution in [-0.2, 0) is 19.7 Å². The van der Waals surface area contributed by atoms with Crippen molar-refractivity contribution in [2.24, 2.45) is 0 Å². The van der Waals surface area contributed by atoms with Crippen molar-refractivity contribution >= 4 is 35.4 Å². The van der Waals surface area contributed by atoms with E-state index in [1.165, 1.54) is 23.4 Å². The first-order valence-electron chi connectivity index (χ1n) is 10.6. The summed E-state index contributed by atoms with van der Waals surface area (Å²) in [6.07, 6.45) is 3.02. The highest BCUT2D eigenvalue weighted by Gasteiger charge is 2.15. The van der Waals surface area contributed by atoms with E-state index in [4.69, 9.17) is 9.15 Å². The number of esters is 1. The van der Waals surface area contributed by atoms with Crippen molar-refractivity contribution in [3.05, 3.63) is 65.7 Å². The minimum atomic E-state index is -0.391. The number of carbonyl (C=O) groups excluding carboxylic acids is 2. The van der Waals surface area contributed by atoms with Crippen LogP contribution in [-0.4, -0.2) is 34.4 Å². The van der Waals surface area contributed by atoms with Gasteiger partial charge >= 0.3 is 5.97 Å². The highest BCUT2D eigenvalue weighted by atomic mass is 32.2. The second-order valence-electron chi connectivity index (χ2n) is 8.24. The average Bonchev–Trinajstić information content (AvgIpc) is 3.26. The summed E-state index contributed by atoms with van der Waals surface area (Å²) in [7, 11) is 0. The number of nitrogens with one attached hydrogen (secondary N) is 1. The lowest BCUT2D eigenvalue weighted by molar-refractivity contribution is -0.137. The van der Waals surface area contributed by atoms with Gasteiger partial charge in [0, 0.05) is 17.3 Å². The second kappa shape index (κ2) is 11.0. The zero-order chi connectivity index (χ0) is 23.8. The number of nitrogens with zero attached hydrogens (tertiary/aromatic N) is 2. The van der Waals surface area contributed by atoms with Gasteiger partial charge in [-0.15, -0.1) is 10.2 Å². The van der Waals surface area contributed by atoms with Crippen LogP contribution in [0.5, 0.6) is 0 Å². The zero-order valence-electron chi connectivity index (χ0n) is 19.1. The van der Waals surface area contributed by atoms with Crippen molar-refractivity contribution in [1.29, 1.82) is 0 Å². The molecule has 172 valence electrons. The number of anilines is 1. The molecule has 0 spiro atoms. The minimum Gasteiger partial charge on any atom is -0.463 e. The fourth-order valence-electron chi connectivity index (χ4n) is 2.85. The number of hydrogen-bond acceptors (Lipinski definition) is 7. The number of hydrogen-bond donors (Lipinski definition) is 1. The molecule has 0 unspecified atom stereocenters. The maximum absolute atomic E-state index is 12.3. The van der Waals surface area contributed by atoms with Gasteiger partial charge in [0.25, 0.3) is 5.22 Å². The molecule has 0 aliphatic heterocycles. The monoisotopic (exact) mass is 465 g/mol. The van der Waals surface area contributed by atoms with E-state index in [9.17, 15) is 9.59 Å². The van der Waals surface area contributed by atoms with Gasteiger partial charge in [0.05, 0.1) is 12.4 Å². The first-order chi connectivity index (χ1) is 15.7. The standard InChI is InChI=1S/C25H27N3O4S/c1-5-31-22(30)15-8-17-6-13-20(14-7-17)26-21(29)16-33-24-28-27-23(32-24)18-9-11-19(12-10-18)25(2,3)4/h6-15H,5,16H2,1-4H3,(H,26,29)/b15-8+. The zero-order valence-corrected chi connectivity index (χ0v) is 19.9. The molecule has 3 aromatic rings. The van der Waals surface area contributed by atoms with Gasteiger partial charge in [-0.05, 0) is 53.8 Å². The third kappa shape index (κ3) is 7.32. The van der Waals surface area contributed by atoms with Crippen molar-refractivity contribution in [3.8, 4) is 11.5 Å². The summed E-state index contributed by atoms with van der Waals surface area (Å²) in [5.41, 5.74) is 3.61. The molecule has 0 fully saturated rings. The predicted molar refractivity (Wildman–Crippen MR) is 130 cm³/mol. The van der Waals surface area contributed by atoms with Gasteiger partial charge in [-0.2, -0.15) is 0 Å². The Morgan fingerprint density at radius 1 is 1.06 bits per heavy atom. The molecule has 1 N–H and O–H groups in total. The Hall–Kier alpha value is -3.39. The molecule has 7 nitrogen and oxygen atoms in total. The summed E-state index contributed by atoms with van der Waals surface area (Å²) < 4.78 is 10.5. The van der Waals surface area contributed by atoms with E-state index in [1.807, 2.05) is 12.1 Å². The largest absolute Gasteiger partial charge is 0.463 e. The Labute approximate surface area is 197 Å². The van der Waals surface area contributed by atoms with Crippen LogP contribution in [0.25, 0.3) is 17.5 Å². The molecule has 0 saturated carbocycles. The van der Waals surface area contributed by atoms with E-state index in [0.29, 0.717) is 23.4 Å². The summed E-state index contributed by atoms with van der Waals surface area (Å²) in [6, 6.07) is 15.2. The predicted octanol–water partition coefficient (Wildman–Crippen LogP) is 5.34. The van der Waals surface area contributed by atoms with Crippen molar-refractivity contribution in [2.45, 2.75) is 38.3 Å². The highest BCUT2D eigenvalue weighted by molar-refractivity contribution is 7.99. The molecule has 0 aliphatic rings. The van der Waals surface area contributed by atoms with Gasteiger partial charge in [0.1, 0.15) is 0 Å². The number of thioether (sulfide) groups is 1. The van der Waals surface area contributed by atoms with E-state index in [-0.39, 0.29) is 17.1 Å². The fourth-order valence-corrected chi connectivity index (χ4v) is 3.42. The lowest BCUT2D eigenvalue weighted by atomic mass is 9.87. The third-order valence-electron chi connectivity index (χ3n) is 4.62. The molecule has 1 heterocycles. The quantitative estimate of drug-likeness (QED) is 0.272. The molecular weight excluding hydrogens is 438 g/mol. The Bertz CT molecular complexity index is 1110. The lowest BCUT2D eigenvalue weighted by Crippen LogP contribution is -2.13. The Kier molecular flexibility index (Phi) is 8.06. The van der Waals surface area contributed by atoms with Gasteiger partial charge in [-0.1, -0.05) is 56.8 Å². The lowest BCUT2D eigenvalue weighted by Gasteiger charge is -2.18. The molecule has 0 aliphatic carbocycles. The molecule has 1 aromatic heterocycles. The minimum absolute atomic E-state index is 0.0708. The summed E-state index contributed by atoms with van der Waals surface area (Å²) in [4.78, 5) is 23.6. The van der Waals surface area contributed by atoms with Gasteiger partial charge in [-0.25, -0.2) is 4.79 Å². The smallest absolute Gasteiger partial charge is 0.330 e. The van der Waals surface area contributed by atoms with Crippen molar-refractivity contribution in [1.82, 2.24) is 10.2 Å². The molecule has 3 rings (SSSR count). The number of ether oxygens (including phenoxy) is 1. The molecule has 0 radical (unpaired) electrons. The third-order valence-corrected chi connectivity index (χ3v) is 5.44. The molecule has 0 saturated heterocycles. The summed E-state index contributed by atoms with van der Waals surface area (Å²) in [5, 5.41) is 11.3. The Morgan fingerprint density at radius 3 is 2.39 bits per heavy atom. The van der Waals surface area contributed by atoms with Crippen LogP contribution in [0, 0.1) is 0 Å². The number of benzene rings is 2. The number of carbonyl (C=O) groups is 2. The SMILES string of the molecule is CCOC(=O)/C=C/c1ccc(NC(=O)CSc2nnc(-c3ccc(C(C)(C)C)cc3)o2)cc1. The molecule has 0 bridgehead atoms. The van der Waals surface area contributed by atoms with Crippen LogP contribution in [0.15, 0.2) is 64.2 Å². The van der Waals surface area contributed by atoms with E-state index in [0.717, 1.165) is 11.1 Å². The Morgan fingerprint density at radius 2 is 1.76 bits per heavy atom. The Balaban J connectivity index is 1.50. The fraction of sp³-hybridized carbons (Fsp3) is 0.280. The van der Waals surface area contributed by atoms with Gasteiger partial charge in [-0.3, -0.25) is 4.79 Å². The second-order valence-corrected chi connectivity index (χ2v) is 9.17. The summed E-state index contributed by atoms with van der Waals surface area (Å²) in [5.74, 6) is -0.0262. The van der Waals surface area contributed by atoms with Crippen LogP contribution in [0.1, 0.15) is 38.8 Å². The van der Waals surface area contributed by atoms with E-state index in [2.05, 4.69) is 48.4 Å². The maximum atomic E-state index is 12.3. The number of rotatable bonds is 8. The first-order valence-corrected chi connectivity index (χ1v) is 11.5. The molecule has 1 amide bonds. The van der Waals surface area contributed by atoms with Crippen molar-refractivity contribution in [3.63, 3.8) is 0 Å². The molecule has 33 heavy (non-hydrogen) atoms. The van der Waals surface area contributed by atoms with Crippen LogP contribution in [0.4, 0.5) is 5.69 Å². The molecular formula is C25H27N3O4S. The number of amides is 1. The van der Waals surface area contributed by atoms with Crippen molar-refractivity contribution < 1.29 is 18.7 Å². The topological polar surface area (TPSA) is 94.3 Å². The number of aromatic nitrogens is 2.